The zero-order valence-electron chi connectivity index (χ0n) is 20.7. The van der Waals surface area contributed by atoms with E-state index in [4.69, 9.17) is 16.3 Å². The van der Waals surface area contributed by atoms with E-state index in [9.17, 15) is 9.90 Å². The van der Waals surface area contributed by atoms with Gasteiger partial charge in [-0.25, -0.2) is 4.39 Å². The minimum atomic E-state index is -1.10. The Morgan fingerprint density at radius 1 is 1.28 bits per heavy atom. The van der Waals surface area contributed by atoms with Crippen LogP contribution in [0.2, 0.25) is 4.34 Å². The van der Waals surface area contributed by atoms with Crippen LogP contribution >= 0.6 is 22.9 Å². The number of carboxylic acid groups (broad SMARTS) is 1. The van der Waals surface area contributed by atoms with Gasteiger partial charge in [0.1, 0.15) is 11.9 Å². The van der Waals surface area contributed by atoms with Crippen molar-refractivity contribution >= 4 is 39.8 Å². The minimum absolute atomic E-state index is 0.163. The fourth-order valence-electron chi connectivity index (χ4n) is 5.40. The van der Waals surface area contributed by atoms with Crippen LogP contribution in [0, 0.1) is 11.8 Å². The monoisotopic (exact) mass is 532 g/mol. The van der Waals surface area contributed by atoms with Crippen LogP contribution in [0.25, 0.3) is 10.9 Å². The third-order valence-corrected chi connectivity index (χ3v) is 8.63. The highest BCUT2D eigenvalue weighted by molar-refractivity contribution is 7.16. The SMILES string of the molecule is COc1ccc2nccc([C@H](F)CC[C@@H]3CCN(CCCc4ccc(Cl)s4)C[C@H]3CCC(=O)O)c2c1. The van der Waals surface area contributed by atoms with Gasteiger partial charge in [-0.1, -0.05) is 11.6 Å². The molecule has 194 valence electrons. The Morgan fingerprint density at radius 2 is 2.14 bits per heavy atom. The standard InChI is InChI=1S/C28H34ClFN2O3S/c1-35-21-6-9-26-24(17-21)23(12-14-31-26)25(30)8-4-19-13-16-32(18-20(19)5-11-28(33)34)15-2-3-22-7-10-27(29)36-22/h6-7,9-10,12,14,17,19-20,25H,2-5,8,11,13,15-16,18H2,1H3,(H,33,34)/t19-,20-,25-/m1/s1. The van der Waals surface area contributed by atoms with Gasteiger partial charge in [0, 0.05) is 29.4 Å². The Labute approximate surface area is 221 Å². The predicted octanol–water partition coefficient (Wildman–Crippen LogP) is 7.18. The summed E-state index contributed by atoms with van der Waals surface area (Å²) in [6, 6.07) is 11.3. The van der Waals surface area contributed by atoms with Gasteiger partial charge in [-0.2, -0.15) is 0 Å². The normalized spacial score (nSPS) is 19.4. The molecule has 5 nitrogen and oxygen atoms in total. The molecule has 1 aliphatic rings. The van der Waals surface area contributed by atoms with Crippen molar-refractivity contribution in [3.05, 3.63) is 57.4 Å². The minimum Gasteiger partial charge on any atom is -0.497 e. The number of ether oxygens (including phenoxy) is 1. The molecule has 1 N–H and O–H groups in total. The molecular weight excluding hydrogens is 499 g/mol. The number of piperidine rings is 1. The second kappa shape index (κ2) is 12.8. The van der Waals surface area contributed by atoms with E-state index in [1.165, 1.54) is 4.88 Å². The maximum atomic E-state index is 15.5. The van der Waals surface area contributed by atoms with Crippen LogP contribution in [0.4, 0.5) is 4.39 Å². The molecule has 1 saturated heterocycles. The Morgan fingerprint density at radius 3 is 2.89 bits per heavy atom. The van der Waals surface area contributed by atoms with Crippen molar-refractivity contribution in [2.24, 2.45) is 11.8 Å². The summed E-state index contributed by atoms with van der Waals surface area (Å²) in [5, 5.41) is 10.1. The number of alkyl halides is 1. The van der Waals surface area contributed by atoms with Crippen LogP contribution in [0.1, 0.15) is 55.1 Å². The van der Waals surface area contributed by atoms with Crippen molar-refractivity contribution in [2.75, 3.05) is 26.7 Å². The molecule has 3 heterocycles. The number of aryl methyl sites for hydroxylation is 1. The van der Waals surface area contributed by atoms with Gasteiger partial charge in [0.2, 0.25) is 0 Å². The van der Waals surface area contributed by atoms with Crippen LogP contribution in [0.5, 0.6) is 5.75 Å². The molecule has 1 fully saturated rings. The number of thiophene rings is 1. The highest BCUT2D eigenvalue weighted by Gasteiger charge is 2.30. The number of hydrogen-bond acceptors (Lipinski definition) is 5. The van der Waals surface area contributed by atoms with Crippen LogP contribution < -0.4 is 4.74 Å². The average Bonchev–Trinajstić information content (AvgIpc) is 3.30. The van der Waals surface area contributed by atoms with Gasteiger partial charge in [-0.05, 0) is 105 Å². The first-order chi connectivity index (χ1) is 17.4. The summed E-state index contributed by atoms with van der Waals surface area (Å²) >= 11 is 7.67. The number of pyridine rings is 1. The lowest BCUT2D eigenvalue weighted by Gasteiger charge is -2.39. The third kappa shape index (κ3) is 7.17. The Hall–Kier alpha value is -2.22. The third-order valence-electron chi connectivity index (χ3n) is 7.34. The zero-order valence-corrected chi connectivity index (χ0v) is 22.2. The number of carbonyl (C=O) groups is 1. The van der Waals surface area contributed by atoms with Gasteiger partial charge in [-0.15, -0.1) is 11.3 Å². The summed E-state index contributed by atoms with van der Waals surface area (Å²) in [6.45, 7) is 2.85. The van der Waals surface area contributed by atoms with Crippen molar-refractivity contribution in [3.63, 3.8) is 0 Å². The molecule has 0 unspecified atom stereocenters. The van der Waals surface area contributed by atoms with Gasteiger partial charge < -0.3 is 14.7 Å². The molecule has 36 heavy (non-hydrogen) atoms. The van der Waals surface area contributed by atoms with Crippen LogP contribution in [0.15, 0.2) is 42.6 Å². The molecule has 3 aromatic rings. The first-order valence-electron chi connectivity index (χ1n) is 12.7. The van der Waals surface area contributed by atoms with Crippen molar-refractivity contribution in [1.82, 2.24) is 9.88 Å². The molecule has 0 radical (unpaired) electrons. The van der Waals surface area contributed by atoms with E-state index in [1.807, 2.05) is 24.3 Å². The van der Waals surface area contributed by atoms with Gasteiger partial charge in [0.15, 0.2) is 0 Å². The van der Waals surface area contributed by atoms with Crippen molar-refractivity contribution < 1.29 is 19.0 Å². The largest absolute Gasteiger partial charge is 0.497 e. The summed E-state index contributed by atoms with van der Waals surface area (Å²) in [4.78, 5) is 19.4. The van der Waals surface area contributed by atoms with E-state index in [0.717, 1.165) is 60.6 Å². The summed E-state index contributed by atoms with van der Waals surface area (Å²) in [6.07, 6.45) is 5.58. The number of benzene rings is 1. The molecule has 0 saturated carbocycles. The number of carboxylic acids is 1. The summed E-state index contributed by atoms with van der Waals surface area (Å²) in [5.74, 6) is 0.526. The Kier molecular flexibility index (Phi) is 9.57. The van der Waals surface area contributed by atoms with Gasteiger partial charge in [0.05, 0.1) is 17.0 Å². The van der Waals surface area contributed by atoms with Crippen LogP contribution in [-0.4, -0.2) is 47.7 Å². The predicted molar refractivity (Wildman–Crippen MR) is 144 cm³/mol. The van der Waals surface area contributed by atoms with Crippen molar-refractivity contribution in [3.8, 4) is 5.75 Å². The Balaban J connectivity index is 1.35. The molecule has 2 aromatic heterocycles. The lowest BCUT2D eigenvalue weighted by atomic mass is 9.79. The topological polar surface area (TPSA) is 62.7 Å². The molecule has 0 amide bonds. The van der Waals surface area contributed by atoms with E-state index >= 15 is 4.39 Å². The average molecular weight is 533 g/mol. The quantitative estimate of drug-likeness (QED) is 0.267. The zero-order chi connectivity index (χ0) is 25.5. The smallest absolute Gasteiger partial charge is 0.303 e. The number of methoxy groups -OCH3 is 1. The van der Waals surface area contributed by atoms with Crippen molar-refractivity contribution in [2.45, 2.75) is 51.1 Å². The summed E-state index contributed by atoms with van der Waals surface area (Å²) < 4.78 is 21.7. The lowest BCUT2D eigenvalue weighted by Crippen LogP contribution is -2.41. The molecule has 3 atom stereocenters. The number of halogens is 2. The van der Waals surface area contributed by atoms with E-state index in [0.29, 0.717) is 30.1 Å². The number of aliphatic carboxylic acids is 1. The van der Waals surface area contributed by atoms with Gasteiger partial charge >= 0.3 is 5.97 Å². The summed E-state index contributed by atoms with van der Waals surface area (Å²) in [5.41, 5.74) is 1.40. The second-order valence-corrected chi connectivity index (χ2v) is 11.5. The van der Waals surface area contributed by atoms with Crippen LogP contribution in [0.3, 0.4) is 0 Å². The highest BCUT2D eigenvalue weighted by atomic mass is 35.5. The fourth-order valence-corrected chi connectivity index (χ4v) is 6.53. The van der Waals surface area contributed by atoms with E-state index in [1.54, 1.807) is 30.7 Å². The number of aromatic nitrogens is 1. The van der Waals surface area contributed by atoms with E-state index < -0.39 is 12.1 Å². The summed E-state index contributed by atoms with van der Waals surface area (Å²) in [7, 11) is 1.60. The first-order valence-corrected chi connectivity index (χ1v) is 13.9. The number of rotatable bonds is 12. The van der Waals surface area contributed by atoms with Crippen LogP contribution in [-0.2, 0) is 11.2 Å². The maximum Gasteiger partial charge on any atom is 0.303 e. The second-order valence-electron chi connectivity index (χ2n) is 9.68. The molecule has 1 aromatic carbocycles. The number of fused-ring (bicyclic) bond motifs is 1. The van der Waals surface area contributed by atoms with E-state index in [-0.39, 0.29) is 12.3 Å². The van der Waals surface area contributed by atoms with Crippen molar-refractivity contribution in [1.29, 1.82) is 0 Å². The van der Waals surface area contributed by atoms with Gasteiger partial charge in [0.25, 0.3) is 0 Å². The molecule has 1 aliphatic heterocycles. The van der Waals surface area contributed by atoms with Gasteiger partial charge in [-0.3, -0.25) is 9.78 Å². The lowest BCUT2D eigenvalue weighted by molar-refractivity contribution is -0.137. The molecule has 8 heteroatoms. The fraction of sp³-hybridized carbons (Fsp3) is 0.500. The molecular formula is C28H34ClFN2O3S. The van der Waals surface area contributed by atoms with E-state index in [2.05, 4.69) is 16.0 Å². The molecule has 0 aliphatic carbocycles. The number of hydrogen-bond donors (Lipinski definition) is 1. The highest BCUT2D eigenvalue weighted by Crippen LogP contribution is 2.36. The number of likely N-dealkylation sites (tertiary alicyclic amines) is 1. The Bertz CT molecular complexity index is 1160. The molecule has 0 bridgehead atoms. The molecule has 4 rings (SSSR count). The molecule has 0 spiro atoms. The number of nitrogens with zero attached hydrogens (tertiary/aromatic N) is 2. The first kappa shape index (κ1) is 26.8. The maximum absolute atomic E-state index is 15.5.